The number of rotatable bonds is 5. The highest BCUT2D eigenvalue weighted by atomic mass is 32.1. The maximum atomic E-state index is 14.0. The number of carbonyl (C=O) groups excluding carboxylic acids is 1. The zero-order valence-corrected chi connectivity index (χ0v) is 18.0. The number of halogens is 1. The normalized spacial score (nSPS) is 15.3. The molecule has 158 valence electrons. The Bertz CT molecular complexity index is 1300. The molecule has 1 aliphatic carbocycles. The van der Waals surface area contributed by atoms with Crippen molar-refractivity contribution in [2.24, 2.45) is 0 Å². The van der Waals surface area contributed by atoms with Gasteiger partial charge in [-0.2, -0.15) is 0 Å². The summed E-state index contributed by atoms with van der Waals surface area (Å²) in [7, 11) is 1.44. The van der Waals surface area contributed by atoms with Crippen molar-refractivity contribution in [3.63, 3.8) is 0 Å². The Morgan fingerprint density at radius 3 is 2.97 bits per heavy atom. The molecule has 0 aliphatic heterocycles. The number of nitrogens with one attached hydrogen (secondary N) is 1. The lowest BCUT2D eigenvalue weighted by molar-refractivity contribution is -0.122. The zero-order valence-electron chi connectivity index (χ0n) is 17.2. The van der Waals surface area contributed by atoms with Crippen molar-refractivity contribution in [2.75, 3.05) is 7.11 Å². The van der Waals surface area contributed by atoms with Crippen molar-refractivity contribution < 1.29 is 13.9 Å². The lowest BCUT2D eigenvalue weighted by Crippen LogP contribution is -2.30. The van der Waals surface area contributed by atoms with Crippen LogP contribution in [-0.4, -0.2) is 27.6 Å². The van der Waals surface area contributed by atoms with Crippen molar-refractivity contribution in [3.05, 3.63) is 64.5 Å². The zero-order chi connectivity index (χ0) is 21.5. The van der Waals surface area contributed by atoms with Crippen molar-refractivity contribution >= 4 is 28.3 Å². The van der Waals surface area contributed by atoms with Crippen LogP contribution in [0.4, 0.5) is 4.39 Å². The van der Waals surface area contributed by atoms with Crippen LogP contribution in [0.5, 0.6) is 5.75 Å². The molecule has 31 heavy (non-hydrogen) atoms. The number of hydrogen-bond acceptors (Lipinski definition) is 5. The third kappa shape index (κ3) is 3.46. The molecule has 1 unspecified atom stereocenters. The van der Waals surface area contributed by atoms with Crippen LogP contribution < -0.4 is 10.1 Å². The second-order valence-electron chi connectivity index (χ2n) is 7.62. The molecule has 0 spiro atoms. The number of ether oxygens (including phenoxy) is 1. The van der Waals surface area contributed by atoms with Crippen LogP contribution in [0.1, 0.15) is 29.3 Å². The van der Waals surface area contributed by atoms with Gasteiger partial charge in [-0.25, -0.2) is 14.4 Å². The number of hydrogen-bond donors (Lipinski definition) is 1. The number of benzene rings is 2. The molecule has 2 aromatic heterocycles. The van der Waals surface area contributed by atoms with Gasteiger partial charge in [-0.3, -0.25) is 4.79 Å². The summed E-state index contributed by atoms with van der Waals surface area (Å²) in [6, 6.07) is 10.8. The van der Waals surface area contributed by atoms with Crippen LogP contribution in [0.15, 0.2) is 41.9 Å². The highest BCUT2D eigenvalue weighted by molar-refractivity contribution is 7.13. The second kappa shape index (κ2) is 7.77. The molecule has 6 nitrogen and oxygen atoms in total. The summed E-state index contributed by atoms with van der Waals surface area (Å²) in [4.78, 5) is 23.1. The smallest absolute Gasteiger partial charge is 0.240 e. The predicted octanol–water partition coefficient (Wildman–Crippen LogP) is 4.42. The van der Waals surface area contributed by atoms with Crippen molar-refractivity contribution in [1.29, 1.82) is 0 Å². The Labute approximate surface area is 182 Å². The standard InChI is InChI=1S/C23H21FN4O2S/c1-13-22(31-12-25-13)23-27-18-5-3-4-6-19(18)28(23)11-21(29)26-17-8-7-14-9-16(24)20(30-2)10-15(14)17/h3-6,9-10,12,17H,7-8,11H2,1-2H3,(H,26,29). The molecule has 2 aromatic carbocycles. The SMILES string of the molecule is COc1cc2c(cc1F)CCC2NC(=O)Cn1c(-c2scnc2C)nc2ccccc21. The summed E-state index contributed by atoms with van der Waals surface area (Å²) in [5.41, 5.74) is 6.25. The number of methoxy groups -OCH3 is 1. The number of para-hydroxylation sites is 2. The minimum Gasteiger partial charge on any atom is -0.494 e. The number of aromatic nitrogens is 3. The first-order valence-electron chi connectivity index (χ1n) is 10.1. The topological polar surface area (TPSA) is 69.0 Å². The van der Waals surface area contributed by atoms with Gasteiger partial charge in [0.25, 0.3) is 0 Å². The maximum Gasteiger partial charge on any atom is 0.240 e. The monoisotopic (exact) mass is 436 g/mol. The average Bonchev–Trinajstić information content (AvgIpc) is 3.45. The molecule has 0 radical (unpaired) electrons. The molecule has 5 rings (SSSR count). The Morgan fingerprint density at radius 2 is 2.19 bits per heavy atom. The molecular formula is C23H21FN4O2S. The molecule has 0 saturated heterocycles. The maximum absolute atomic E-state index is 14.0. The summed E-state index contributed by atoms with van der Waals surface area (Å²) < 4.78 is 21.1. The van der Waals surface area contributed by atoms with Crippen molar-refractivity contribution in [1.82, 2.24) is 19.9 Å². The number of thiazole rings is 1. The van der Waals surface area contributed by atoms with Gasteiger partial charge in [0.15, 0.2) is 17.4 Å². The van der Waals surface area contributed by atoms with E-state index in [2.05, 4.69) is 10.3 Å². The average molecular weight is 437 g/mol. The van der Waals surface area contributed by atoms with Crippen LogP contribution >= 0.6 is 11.3 Å². The predicted molar refractivity (Wildman–Crippen MR) is 118 cm³/mol. The number of nitrogens with zero attached hydrogens (tertiary/aromatic N) is 3. The molecule has 4 aromatic rings. The van der Waals surface area contributed by atoms with E-state index in [4.69, 9.17) is 9.72 Å². The van der Waals surface area contributed by atoms with E-state index in [9.17, 15) is 9.18 Å². The molecule has 1 atom stereocenters. The molecule has 2 heterocycles. The van der Waals surface area contributed by atoms with Crippen LogP contribution in [0, 0.1) is 12.7 Å². The summed E-state index contributed by atoms with van der Waals surface area (Å²) in [5, 5.41) is 3.12. The number of carbonyl (C=O) groups is 1. The van der Waals surface area contributed by atoms with E-state index in [0.717, 1.165) is 51.4 Å². The van der Waals surface area contributed by atoms with E-state index in [1.54, 1.807) is 11.6 Å². The largest absolute Gasteiger partial charge is 0.494 e. The number of aryl methyl sites for hydroxylation is 2. The van der Waals surface area contributed by atoms with Crippen molar-refractivity contribution in [3.8, 4) is 16.5 Å². The second-order valence-corrected chi connectivity index (χ2v) is 8.48. The number of imidazole rings is 1. The molecule has 1 aliphatic rings. The Morgan fingerprint density at radius 1 is 1.35 bits per heavy atom. The highest BCUT2D eigenvalue weighted by Gasteiger charge is 2.27. The number of amides is 1. The first kappa shape index (κ1) is 19.7. The fourth-order valence-electron chi connectivity index (χ4n) is 4.22. The lowest BCUT2D eigenvalue weighted by Gasteiger charge is -2.16. The fraction of sp³-hybridized carbons (Fsp3) is 0.261. The van der Waals surface area contributed by atoms with Gasteiger partial charge in [-0.15, -0.1) is 11.3 Å². The minimum atomic E-state index is -0.373. The molecule has 0 saturated carbocycles. The van der Waals surface area contributed by atoms with Crippen LogP contribution in [0.3, 0.4) is 0 Å². The van der Waals surface area contributed by atoms with Crippen LogP contribution in [-0.2, 0) is 17.8 Å². The molecule has 1 N–H and O–H groups in total. The van der Waals surface area contributed by atoms with E-state index < -0.39 is 0 Å². The third-order valence-electron chi connectivity index (χ3n) is 5.73. The first-order valence-corrected chi connectivity index (χ1v) is 10.9. The van der Waals surface area contributed by atoms with Crippen LogP contribution in [0.25, 0.3) is 21.7 Å². The van der Waals surface area contributed by atoms with Gasteiger partial charge >= 0.3 is 0 Å². The van der Waals surface area contributed by atoms with Gasteiger partial charge in [-0.05, 0) is 55.2 Å². The van der Waals surface area contributed by atoms with Gasteiger partial charge in [-0.1, -0.05) is 12.1 Å². The van der Waals surface area contributed by atoms with Gasteiger partial charge < -0.3 is 14.6 Å². The molecule has 0 fully saturated rings. The van der Waals surface area contributed by atoms with E-state index in [0.29, 0.717) is 0 Å². The van der Waals surface area contributed by atoms with E-state index in [1.807, 2.05) is 35.8 Å². The van der Waals surface area contributed by atoms with E-state index >= 15 is 0 Å². The van der Waals surface area contributed by atoms with Crippen molar-refractivity contribution in [2.45, 2.75) is 32.4 Å². The lowest BCUT2D eigenvalue weighted by atomic mass is 10.1. The summed E-state index contributed by atoms with van der Waals surface area (Å²) >= 11 is 1.51. The Kier molecular flexibility index (Phi) is 4.94. The highest BCUT2D eigenvalue weighted by Crippen LogP contribution is 2.35. The molecule has 0 bridgehead atoms. The van der Waals surface area contributed by atoms with Gasteiger partial charge in [0.05, 0.1) is 40.3 Å². The minimum absolute atomic E-state index is 0.118. The Hall–Kier alpha value is -3.26. The Balaban J connectivity index is 1.44. The van der Waals surface area contributed by atoms with Gasteiger partial charge in [0.2, 0.25) is 5.91 Å². The summed E-state index contributed by atoms with van der Waals surface area (Å²) in [6.07, 6.45) is 1.46. The van der Waals surface area contributed by atoms with Gasteiger partial charge in [0, 0.05) is 0 Å². The quantitative estimate of drug-likeness (QED) is 0.503. The third-order valence-corrected chi connectivity index (χ3v) is 6.66. The van der Waals surface area contributed by atoms with E-state index in [1.165, 1.54) is 24.5 Å². The summed E-state index contributed by atoms with van der Waals surface area (Å²) in [5.74, 6) is 0.450. The number of fused-ring (bicyclic) bond motifs is 2. The molecular weight excluding hydrogens is 415 g/mol. The molecule has 1 amide bonds. The summed E-state index contributed by atoms with van der Waals surface area (Å²) in [6.45, 7) is 2.08. The molecule has 8 heteroatoms. The first-order chi connectivity index (χ1) is 15.0. The van der Waals surface area contributed by atoms with Gasteiger partial charge in [0.1, 0.15) is 6.54 Å². The fourth-order valence-corrected chi connectivity index (χ4v) is 5.02. The van der Waals surface area contributed by atoms with Crippen LogP contribution in [0.2, 0.25) is 0 Å². The van der Waals surface area contributed by atoms with E-state index in [-0.39, 0.29) is 30.1 Å².